The maximum atomic E-state index is 11.4. The molecule has 0 atom stereocenters. The van der Waals surface area contributed by atoms with Gasteiger partial charge in [0, 0.05) is 43.9 Å². The van der Waals surface area contributed by atoms with Crippen molar-refractivity contribution in [2.24, 2.45) is 0 Å². The molecule has 0 aromatic carbocycles. The van der Waals surface area contributed by atoms with E-state index in [1.165, 1.54) is 6.07 Å². The van der Waals surface area contributed by atoms with E-state index in [0.29, 0.717) is 0 Å². The topological polar surface area (TPSA) is 65.1 Å². The third-order valence-electron chi connectivity index (χ3n) is 4.01. The number of nitrogens with zero attached hydrogens (tertiary/aromatic N) is 4. The van der Waals surface area contributed by atoms with E-state index in [-0.39, 0.29) is 11.0 Å². The van der Waals surface area contributed by atoms with Gasteiger partial charge >= 0.3 is 0 Å². The molecule has 0 spiro atoms. The summed E-state index contributed by atoms with van der Waals surface area (Å²) in [5.41, 5.74) is -0.114. The van der Waals surface area contributed by atoms with Crippen molar-refractivity contribution >= 4 is 11.6 Å². The van der Waals surface area contributed by atoms with Gasteiger partial charge in [-0.1, -0.05) is 26.8 Å². The van der Waals surface area contributed by atoms with E-state index in [2.05, 4.69) is 40.5 Å². The van der Waals surface area contributed by atoms with Crippen molar-refractivity contribution in [3.05, 3.63) is 46.6 Å². The molecule has 0 unspecified atom stereocenters. The summed E-state index contributed by atoms with van der Waals surface area (Å²) in [6.07, 6.45) is 1.84. The van der Waals surface area contributed by atoms with Crippen molar-refractivity contribution in [2.75, 3.05) is 36.0 Å². The Hall–Kier alpha value is -2.37. The maximum absolute atomic E-state index is 11.4. The fourth-order valence-corrected chi connectivity index (χ4v) is 2.68. The van der Waals surface area contributed by atoms with E-state index in [1.54, 1.807) is 6.07 Å². The highest BCUT2D eigenvalue weighted by Crippen LogP contribution is 2.21. The SMILES string of the molecule is CC(C)(C)c1nccc(N2CCN(c3cccc(=O)[nH]3)CC2)n1. The van der Waals surface area contributed by atoms with Crippen LogP contribution in [0.5, 0.6) is 0 Å². The molecule has 2 aromatic heterocycles. The Morgan fingerprint density at radius 1 is 1.04 bits per heavy atom. The normalized spacial score (nSPS) is 15.8. The highest BCUT2D eigenvalue weighted by Gasteiger charge is 2.22. The van der Waals surface area contributed by atoms with Crippen molar-refractivity contribution in [3.8, 4) is 0 Å². The van der Waals surface area contributed by atoms with Crippen molar-refractivity contribution in [2.45, 2.75) is 26.2 Å². The predicted octanol–water partition coefficient (Wildman–Crippen LogP) is 1.79. The van der Waals surface area contributed by atoms with Crippen LogP contribution < -0.4 is 15.4 Å². The number of piperazine rings is 1. The van der Waals surface area contributed by atoms with E-state index < -0.39 is 0 Å². The number of anilines is 2. The second-order valence-electron chi connectivity index (χ2n) is 6.86. The lowest BCUT2D eigenvalue weighted by Crippen LogP contribution is -2.47. The van der Waals surface area contributed by atoms with Crippen molar-refractivity contribution < 1.29 is 0 Å². The molecule has 1 aliphatic heterocycles. The largest absolute Gasteiger partial charge is 0.355 e. The summed E-state index contributed by atoms with van der Waals surface area (Å²) in [7, 11) is 0. The number of rotatable bonds is 2. The van der Waals surface area contributed by atoms with Crippen molar-refractivity contribution in [3.63, 3.8) is 0 Å². The molecule has 6 nitrogen and oxygen atoms in total. The van der Waals surface area contributed by atoms with E-state index >= 15 is 0 Å². The Labute approximate surface area is 136 Å². The molecule has 122 valence electrons. The quantitative estimate of drug-likeness (QED) is 0.915. The zero-order chi connectivity index (χ0) is 16.4. The Bertz CT molecular complexity index is 726. The summed E-state index contributed by atoms with van der Waals surface area (Å²) < 4.78 is 0. The van der Waals surface area contributed by atoms with Gasteiger partial charge in [0.15, 0.2) is 0 Å². The smallest absolute Gasteiger partial charge is 0.249 e. The summed E-state index contributed by atoms with van der Waals surface area (Å²) in [5.74, 6) is 2.73. The van der Waals surface area contributed by atoms with Gasteiger partial charge in [0.1, 0.15) is 17.5 Å². The first-order valence-electron chi connectivity index (χ1n) is 7.96. The van der Waals surface area contributed by atoms with Gasteiger partial charge in [-0.25, -0.2) is 9.97 Å². The molecule has 3 heterocycles. The number of pyridine rings is 1. The van der Waals surface area contributed by atoms with E-state index in [1.807, 2.05) is 18.3 Å². The third kappa shape index (κ3) is 3.52. The molecule has 3 rings (SSSR count). The van der Waals surface area contributed by atoms with Crippen LogP contribution in [0, 0.1) is 0 Å². The lowest BCUT2D eigenvalue weighted by atomic mass is 9.96. The summed E-state index contributed by atoms with van der Waals surface area (Å²) >= 11 is 0. The molecule has 23 heavy (non-hydrogen) atoms. The molecule has 0 aliphatic carbocycles. The van der Waals surface area contributed by atoms with Crippen LogP contribution in [0.3, 0.4) is 0 Å². The average Bonchev–Trinajstić information content (AvgIpc) is 2.54. The van der Waals surface area contributed by atoms with Gasteiger partial charge in [-0.15, -0.1) is 0 Å². The average molecular weight is 313 g/mol. The zero-order valence-electron chi connectivity index (χ0n) is 13.9. The number of nitrogens with one attached hydrogen (secondary N) is 1. The molecule has 0 bridgehead atoms. The molecule has 1 N–H and O–H groups in total. The second kappa shape index (κ2) is 6.02. The standard InChI is InChI=1S/C17H23N5O/c1-17(2,3)16-18-8-7-14(20-16)22-11-9-21(10-12-22)13-5-4-6-15(23)19-13/h4-8H,9-12H2,1-3H3,(H,19,23). The van der Waals surface area contributed by atoms with Crippen molar-refractivity contribution in [1.82, 2.24) is 15.0 Å². The number of H-pyrrole nitrogens is 1. The van der Waals surface area contributed by atoms with Gasteiger partial charge in [0.25, 0.3) is 0 Å². The van der Waals surface area contributed by atoms with Crippen LogP contribution in [0.15, 0.2) is 35.3 Å². The van der Waals surface area contributed by atoms with Crippen LogP contribution in [-0.2, 0) is 5.41 Å². The Balaban J connectivity index is 1.71. The molecule has 1 aliphatic rings. The Morgan fingerprint density at radius 2 is 1.74 bits per heavy atom. The van der Waals surface area contributed by atoms with Crippen LogP contribution >= 0.6 is 0 Å². The van der Waals surface area contributed by atoms with Crippen LogP contribution in [-0.4, -0.2) is 41.1 Å². The summed E-state index contributed by atoms with van der Waals surface area (Å²) in [6.45, 7) is 9.82. The molecule has 0 amide bonds. The van der Waals surface area contributed by atoms with Gasteiger partial charge in [-0.3, -0.25) is 4.79 Å². The van der Waals surface area contributed by atoms with Crippen LogP contribution in [0.2, 0.25) is 0 Å². The Morgan fingerprint density at radius 3 is 2.39 bits per heavy atom. The summed E-state index contributed by atoms with van der Waals surface area (Å²) in [6, 6.07) is 7.24. The zero-order valence-corrected chi connectivity index (χ0v) is 13.9. The number of aromatic amines is 1. The van der Waals surface area contributed by atoms with Crippen LogP contribution in [0.4, 0.5) is 11.6 Å². The summed E-state index contributed by atoms with van der Waals surface area (Å²) in [4.78, 5) is 27.9. The Kier molecular flexibility index (Phi) is 4.07. The number of hydrogen-bond acceptors (Lipinski definition) is 5. The summed E-state index contributed by atoms with van der Waals surface area (Å²) in [5, 5.41) is 0. The minimum atomic E-state index is -0.0597. The molecule has 6 heteroatoms. The van der Waals surface area contributed by atoms with E-state index in [0.717, 1.165) is 43.6 Å². The minimum Gasteiger partial charge on any atom is -0.355 e. The van der Waals surface area contributed by atoms with Gasteiger partial charge in [-0.05, 0) is 12.1 Å². The van der Waals surface area contributed by atoms with Crippen LogP contribution in [0.1, 0.15) is 26.6 Å². The number of hydrogen-bond donors (Lipinski definition) is 1. The van der Waals surface area contributed by atoms with Gasteiger partial charge in [0.2, 0.25) is 5.56 Å². The highest BCUT2D eigenvalue weighted by molar-refractivity contribution is 5.44. The first-order chi connectivity index (χ1) is 10.9. The molecule has 2 aromatic rings. The molecule has 0 radical (unpaired) electrons. The maximum Gasteiger partial charge on any atom is 0.249 e. The molecular weight excluding hydrogens is 290 g/mol. The van der Waals surface area contributed by atoms with E-state index in [9.17, 15) is 4.79 Å². The first kappa shape index (κ1) is 15.5. The fraction of sp³-hybridized carbons (Fsp3) is 0.471. The third-order valence-corrected chi connectivity index (χ3v) is 4.01. The first-order valence-corrected chi connectivity index (χ1v) is 7.96. The van der Waals surface area contributed by atoms with Gasteiger partial charge in [-0.2, -0.15) is 0 Å². The van der Waals surface area contributed by atoms with Gasteiger partial charge in [0.05, 0.1) is 0 Å². The fourth-order valence-electron chi connectivity index (χ4n) is 2.68. The monoisotopic (exact) mass is 313 g/mol. The minimum absolute atomic E-state index is 0.0542. The molecule has 1 fully saturated rings. The van der Waals surface area contributed by atoms with E-state index in [4.69, 9.17) is 4.98 Å². The number of aromatic nitrogens is 3. The van der Waals surface area contributed by atoms with Gasteiger partial charge < -0.3 is 14.8 Å². The lowest BCUT2D eigenvalue weighted by Gasteiger charge is -2.36. The highest BCUT2D eigenvalue weighted by atomic mass is 16.1. The molecule has 1 saturated heterocycles. The van der Waals surface area contributed by atoms with Crippen molar-refractivity contribution in [1.29, 1.82) is 0 Å². The molecule has 0 saturated carbocycles. The molecular formula is C17H23N5O. The second-order valence-corrected chi connectivity index (χ2v) is 6.86. The predicted molar refractivity (Wildman–Crippen MR) is 92.2 cm³/mol. The lowest BCUT2D eigenvalue weighted by molar-refractivity contribution is 0.541. The van der Waals surface area contributed by atoms with Crippen LogP contribution in [0.25, 0.3) is 0 Å².